The van der Waals surface area contributed by atoms with Crippen molar-refractivity contribution in [1.82, 2.24) is 4.57 Å². The van der Waals surface area contributed by atoms with E-state index in [1.165, 1.54) is 11.3 Å². The highest BCUT2D eigenvalue weighted by Gasteiger charge is 2.34. The van der Waals surface area contributed by atoms with Gasteiger partial charge < -0.3 is 14.2 Å². The van der Waals surface area contributed by atoms with Crippen LogP contribution in [0.3, 0.4) is 0 Å². The summed E-state index contributed by atoms with van der Waals surface area (Å²) >= 11 is 2.86. The van der Waals surface area contributed by atoms with Gasteiger partial charge in [0.25, 0.3) is 5.56 Å². The summed E-state index contributed by atoms with van der Waals surface area (Å²) in [4.78, 5) is 32.9. The second-order valence-electron chi connectivity index (χ2n) is 8.76. The molecule has 190 valence electrons. The number of aromatic nitrogens is 1. The van der Waals surface area contributed by atoms with Gasteiger partial charge in [-0.3, -0.25) is 9.36 Å². The highest BCUT2D eigenvalue weighted by atomic mass is 32.1. The molecule has 0 saturated heterocycles. The molecule has 3 aromatic rings. The number of methoxy groups -OCH3 is 1. The Hall–Kier alpha value is -3.17. The SMILES string of the molecule is CCOC(=O)C1=C(C)N=c2sc(=Cc3cccs3)c(=O)n2C1c1ccc(OCCC(C)C)c(OC)c1. The summed E-state index contributed by atoms with van der Waals surface area (Å²) in [5.41, 5.74) is 1.37. The number of carbonyl (C=O) groups excluding carboxylic acids is 1. The number of thiazole rings is 1. The number of hydrogen-bond donors (Lipinski definition) is 0. The summed E-state index contributed by atoms with van der Waals surface area (Å²) in [7, 11) is 1.58. The Labute approximate surface area is 218 Å². The molecular formula is C27H30N2O5S2. The number of hydrogen-bond acceptors (Lipinski definition) is 8. The van der Waals surface area contributed by atoms with Crippen LogP contribution in [0, 0.1) is 5.92 Å². The molecule has 1 atom stereocenters. The maximum atomic E-state index is 13.6. The van der Waals surface area contributed by atoms with Gasteiger partial charge in [0.1, 0.15) is 0 Å². The lowest BCUT2D eigenvalue weighted by Crippen LogP contribution is -2.39. The van der Waals surface area contributed by atoms with Crippen LogP contribution >= 0.6 is 22.7 Å². The zero-order chi connectivity index (χ0) is 25.8. The predicted octanol–water partition coefficient (Wildman–Crippen LogP) is 4.29. The van der Waals surface area contributed by atoms with Gasteiger partial charge in [0.2, 0.25) is 0 Å². The first-order chi connectivity index (χ1) is 17.3. The van der Waals surface area contributed by atoms with Gasteiger partial charge in [-0.25, -0.2) is 9.79 Å². The molecule has 1 unspecified atom stereocenters. The van der Waals surface area contributed by atoms with Crippen LogP contribution in [-0.4, -0.2) is 30.9 Å². The predicted molar refractivity (Wildman–Crippen MR) is 143 cm³/mol. The van der Waals surface area contributed by atoms with Gasteiger partial charge in [-0.05, 0) is 61.4 Å². The van der Waals surface area contributed by atoms with E-state index in [4.69, 9.17) is 14.2 Å². The Morgan fingerprint density at radius 1 is 1.25 bits per heavy atom. The number of esters is 1. The van der Waals surface area contributed by atoms with Gasteiger partial charge in [-0.1, -0.05) is 37.3 Å². The summed E-state index contributed by atoms with van der Waals surface area (Å²) in [6.45, 7) is 8.60. The molecule has 36 heavy (non-hydrogen) atoms. The van der Waals surface area contributed by atoms with Crippen LogP contribution in [-0.2, 0) is 9.53 Å². The van der Waals surface area contributed by atoms with Crippen molar-refractivity contribution in [2.45, 2.75) is 40.2 Å². The lowest BCUT2D eigenvalue weighted by Gasteiger charge is -2.25. The van der Waals surface area contributed by atoms with E-state index in [0.29, 0.717) is 50.2 Å². The van der Waals surface area contributed by atoms with Gasteiger partial charge in [0, 0.05) is 4.88 Å². The van der Waals surface area contributed by atoms with Gasteiger partial charge in [0.05, 0.1) is 42.2 Å². The van der Waals surface area contributed by atoms with E-state index < -0.39 is 12.0 Å². The number of allylic oxidation sites excluding steroid dienone is 1. The summed E-state index contributed by atoms with van der Waals surface area (Å²) in [6, 6.07) is 8.71. The molecule has 0 aliphatic carbocycles. The highest BCUT2D eigenvalue weighted by Crippen LogP contribution is 2.36. The summed E-state index contributed by atoms with van der Waals surface area (Å²) in [5, 5.41) is 1.96. The lowest BCUT2D eigenvalue weighted by atomic mass is 9.95. The van der Waals surface area contributed by atoms with Gasteiger partial charge in [-0.2, -0.15) is 0 Å². The molecule has 0 N–H and O–H groups in total. The average molecular weight is 527 g/mol. The van der Waals surface area contributed by atoms with Crippen molar-refractivity contribution in [3.05, 3.63) is 77.1 Å². The number of ether oxygens (including phenoxy) is 3. The minimum Gasteiger partial charge on any atom is -0.493 e. The molecule has 7 nitrogen and oxygen atoms in total. The van der Waals surface area contributed by atoms with E-state index in [2.05, 4.69) is 18.8 Å². The van der Waals surface area contributed by atoms with Crippen LogP contribution in [0.4, 0.5) is 0 Å². The fourth-order valence-corrected chi connectivity index (χ4v) is 5.76. The number of nitrogens with zero attached hydrogens (tertiary/aromatic N) is 2. The molecule has 4 rings (SSSR count). The second-order valence-corrected chi connectivity index (χ2v) is 10.7. The fourth-order valence-electron chi connectivity index (χ4n) is 3.99. The third-order valence-electron chi connectivity index (χ3n) is 5.79. The molecule has 9 heteroatoms. The Morgan fingerprint density at radius 2 is 2.06 bits per heavy atom. The summed E-state index contributed by atoms with van der Waals surface area (Å²) in [5.74, 6) is 1.18. The van der Waals surface area contributed by atoms with Gasteiger partial charge >= 0.3 is 5.97 Å². The van der Waals surface area contributed by atoms with Crippen LogP contribution in [0.25, 0.3) is 6.08 Å². The van der Waals surface area contributed by atoms with Crippen molar-refractivity contribution in [1.29, 1.82) is 0 Å². The van der Waals surface area contributed by atoms with Gasteiger partial charge in [0.15, 0.2) is 16.3 Å². The van der Waals surface area contributed by atoms with E-state index in [0.717, 1.165) is 11.3 Å². The van der Waals surface area contributed by atoms with Crippen molar-refractivity contribution in [3.63, 3.8) is 0 Å². The maximum absolute atomic E-state index is 13.6. The molecule has 0 fully saturated rings. The normalized spacial score (nSPS) is 15.6. The number of rotatable bonds is 9. The number of fused-ring (bicyclic) bond motifs is 1. The van der Waals surface area contributed by atoms with E-state index >= 15 is 0 Å². The largest absolute Gasteiger partial charge is 0.493 e. The molecule has 0 spiro atoms. The summed E-state index contributed by atoms with van der Waals surface area (Å²) in [6.07, 6.45) is 2.78. The Bertz CT molecular complexity index is 1450. The minimum atomic E-state index is -0.704. The Morgan fingerprint density at radius 3 is 2.72 bits per heavy atom. The van der Waals surface area contributed by atoms with Crippen LogP contribution in [0.5, 0.6) is 11.5 Å². The monoisotopic (exact) mass is 526 g/mol. The smallest absolute Gasteiger partial charge is 0.338 e. The van der Waals surface area contributed by atoms with Crippen molar-refractivity contribution in [2.75, 3.05) is 20.3 Å². The molecule has 0 saturated carbocycles. The van der Waals surface area contributed by atoms with E-state index in [1.807, 2.05) is 41.8 Å². The lowest BCUT2D eigenvalue weighted by molar-refractivity contribution is -0.139. The second kappa shape index (κ2) is 11.3. The minimum absolute atomic E-state index is 0.206. The van der Waals surface area contributed by atoms with Crippen molar-refractivity contribution in [2.24, 2.45) is 10.9 Å². The molecule has 1 aliphatic rings. The number of carbonyl (C=O) groups is 1. The molecule has 0 radical (unpaired) electrons. The molecule has 2 aromatic heterocycles. The highest BCUT2D eigenvalue weighted by molar-refractivity contribution is 7.11. The van der Waals surface area contributed by atoms with Crippen LogP contribution in [0.15, 0.2) is 56.8 Å². The Kier molecular flexibility index (Phi) is 8.11. The first-order valence-electron chi connectivity index (χ1n) is 11.9. The molecule has 1 aliphatic heterocycles. The Balaban J connectivity index is 1.86. The van der Waals surface area contributed by atoms with E-state index in [9.17, 15) is 9.59 Å². The maximum Gasteiger partial charge on any atom is 0.338 e. The molecule has 3 heterocycles. The summed E-state index contributed by atoms with van der Waals surface area (Å²) < 4.78 is 19.1. The van der Waals surface area contributed by atoms with E-state index in [-0.39, 0.29) is 12.2 Å². The van der Waals surface area contributed by atoms with Crippen molar-refractivity contribution in [3.8, 4) is 11.5 Å². The third kappa shape index (κ3) is 5.32. The van der Waals surface area contributed by atoms with Crippen molar-refractivity contribution < 1.29 is 19.0 Å². The van der Waals surface area contributed by atoms with Crippen LogP contribution in [0.2, 0.25) is 0 Å². The number of thiophene rings is 1. The molecule has 0 bridgehead atoms. The fraction of sp³-hybridized carbons (Fsp3) is 0.370. The molecular weight excluding hydrogens is 496 g/mol. The number of benzene rings is 1. The quantitative estimate of drug-likeness (QED) is 0.389. The molecule has 1 aromatic carbocycles. The van der Waals surface area contributed by atoms with E-state index in [1.54, 1.807) is 36.9 Å². The van der Waals surface area contributed by atoms with Gasteiger partial charge in [-0.15, -0.1) is 11.3 Å². The topological polar surface area (TPSA) is 79.1 Å². The first kappa shape index (κ1) is 25.9. The standard InChI is InChI=1S/C27H30N2O5S2/c1-6-33-26(31)23-17(4)28-27-29(25(30)22(36-27)15-19-8-7-13-35-19)24(23)18-9-10-20(21(14-18)32-5)34-12-11-16(2)3/h7-10,13-16,24H,6,11-12H2,1-5H3. The average Bonchev–Trinajstić information content (AvgIpc) is 3.46. The first-order valence-corrected chi connectivity index (χ1v) is 13.6. The molecule has 0 amide bonds. The zero-order valence-electron chi connectivity index (χ0n) is 21.1. The van der Waals surface area contributed by atoms with Crippen LogP contribution in [0.1, 0.15) is 50.6 Å². The van der Waals surface area contributed by atoms with Crippen LogP contribution < -0.4 is 24.4 Å². The zero-order valence-corrected chi connectivity index (χ0v) is 22.7. The van der Waals surface area contributed by atoms with Crippen molar-refractivity contribution >= 4 is 34.7 Å². The third-order valence-corrected chi connectivity index (χ3v) is 7.59.